The van der Waals surface area contributed by atoms with Crippen molar-refractivity contribution < 1.29 is 9.53 Å². The molecule has 100 valence electrons. The number of benzene rings is 1. The predicted molar refractivity (Wildman–Crippen MR) is 74.1 cm³/mol. The summed E-state index contributed by atoms with van der Waals surface area (Å²) < 4.78 is 5.26. The number of carbonyl (C=O) groups is 1. The second-order valence-corrected chi connectivity index (χ2v) is 4.56. The number of hydrogen-bond acceptors (Lipinski definition) is 2. The molecule has 1 amide bonds. The van der Waals surface area contributed by atoms with Crippen LogP contribution in [0.2, 0.25) is 0 Å². The third-order valence-electron chi connectivity index (χ3n) is 3.27. The van der Waals surface area contributed by atoms with Crippen molar-refractivity contribution in [3.8, 4) is 5.75 Å². The number of methoxy groups -OCH3 is 1. The zero-order valence-electron chi connectivity index (χ0n) is 11.8. The summed E-state index contributed by atoms with van der Waals surface area (Å²) in [6.45, 7) is 6.94. The molecule has 0 saturated carbocycles. The summed E-state index contributed by atoms with van der Waals surface area (Å²) in [7, 11) is 1.67. The predicted octanol–water partition coefficient (Wildman–Crippen LogP) is 2.77. The molecule has 1 aromatic rings. The van der Waals surface area contributed by atoms with Gasteiger partial charge >= 0.3 is 0 Å². The van der Waals surface area contributed by atoms with Gasteiger partial charge in [0.2, 0.25) is 5.91 Å². The van der Waals surface area contributed by atoms with Crippen LogP contribution in [0.25, 0.3) is 0 Å². The van der Waals surface area contributed by atoms with Gasteiger partial charge in [-0.05, 0) is 43.0 Å². The molecule has 1 N–H and O–H groups in total. The van der Waals surface area contributed by atoms with E-state index in [9.17, 15) is 4.79 Å². The first-order chi connectivity index (χ1) is 8.60. The highest BCUT2D eigenvalue weighted by Gasteiger charge is 2.09. The van der Waals surface area contributed by atoms with Gasteiger partial charge < -0.3 is 10.1 Å². The van der Waals surface area contributed by atoms with Gasteiger partial charge in [-0.15, -0.1) is 0 Å². The largest absolute Gasteiger partial charge is 0.496 e. The number of amides is 1. The fraction of sp³-hybridized carbons (Fsp3) is 0.533. The average molecular weight is 249 g/mol. The van der Waals surface area contributed by atoms with Gasteiger partial charge in [0.25, 0.3) is 0 Å². The quantitative estimate of drug-likeness (QED) is 0.787. The molecule has 0 aliphatic carbocycles. The van der Waals surface area contributed by atoms with Gasteiger partial charge in [0.1, 0.15) is 5.75 Å². The molecule has 0 spiro atoms. The van der Waals surface area contributed by atoms with Crippen molar-refractivity contribution in [1.82, 2.24) is 5.32 Å². The second-order valence-electron chi connectivity index (χ2n) is 4.56. The Kier molecular flexibility index (Phi) is 5.69. The van der Waals surface area contributed by atoms with Gasteiger partial charge in [0.15, 0.2) is 0 Å². The van der Waals surface area contributed by atoms with E-state index in [1.807, 2.05) is 26.0 Å². The smallest absolute Gasteiger partial charge is 0.224 e. The van der Waals surface area contributed by atoms with E-state index in [2.05, 4.69) is 12.2 Å². The zero-order valence-corrected chi connectivity index (χ0v) is 11.8. The molecule has 1 aromatic carbocycles. The molecule has 0 saturated heterocycles. The van der Waals surface area contributed by atoms with E-state index in [-0.39, 0.29) is 5.91 Å². The fourth-order valence-corrected chi connectivity index (χ4v) is 1.90. The highest BCUT2D eigenvalue weighted by atomic mass is 16.5. The summed E-state index contributed by atoms with van der Waals surface area (Å²) in [5, 5.41) is 2.94. The molecule has 18 heavy (non-hydrogen) atoms. The molecule has 0 aromatic heterocycles. The molecular weight excluding hydrogens is 226 g/mol. The van der Waals surface area contributed by atoms with Crippen molar-refractivity contribution in [3.63, 3.8) is 0 Å². The van der Waals surface area contributed by atoms with Crippen LogP contribution in [-0.4, -0.2) is 19.6 Å². The summed E-state index contributed by atoms with van der Waals surface area (Å²) in [6.07, 6.45) is 2.58. The van der Waals surface area contributed by atoms with E-state index in [4.69, 9.17) is 4.74 Å². The topological polar surface area (TPSA) is 38.3 Å². The van der Waals surface area contributed by atoms with Crippen LogP contribution in [0.5, 0.6) is 5.75 Å². The van der Waals surface area contributed by atoms with Crippen LogP contribution in [-0.2, 0) is 11.2 Å². The molecule has 0 bridgehead atoms. The molecule has 0 aliphatic heterocycles. The molecule has 1 rings (SSSR count). The Morgan fingerprint density at radius 2 is 2.00 bits per heavy atom. The van der Waals surface area contributed by atoms with E-state index >= 15 is 0 Å². The van der Waals surface area contributed by atoms with E-state index in [1.165, 1.54) is 0 Å². The minimum Gasteiger partial charge on any atom is -0.496 e. The van der Waals surface area contributed by atoms with Crippen LogP contribution in [0.4, 0.5) is 0 Å². The molecule has 3 nitrogen and oxygen atoms in total. The Hall–Kier alpha value is -1.51. The Balaban J connectivity index is 2.68. The highest BCUT2D eigenvalue weighted by molar-refractivity contribution is 5.79. The van der Waals surface area contributed by atoms with Gasteiger partial charge in [-0.2, -0.15) is 0 Å². The molecule has 0 atom stereocenters. The number of unbranched alkanes of at least 4 members (excludes halogenated alkanes) is 1. The van der Waals surface area contributed by atoms with Crippen LogP contribution >= 0.6 is 0 Å². The minimum absolute atomic E-state index is 0.0936. The lowest BCUT2D eigenvalue weighted by atomic mass is 10.00. The van der Waals surface area contributed by atoms with Crippen molar-refractivity contribution >= 4 is 5.91 Å². The number of carbonyl (C=O) groups excluding carboxylic acids is 1. The standard InChI is InChI=1S/C15H23NO2/c1-5-6-9-16-15(17)10-13-7-8-14(18-4)12(3)11(13)2/h7-8H,5-6,9-10H2,1-4H3,(H,16,17). The van der Waals surface area contributed by atoms with E-state index in [0.29, 0.717) is 6.42 Å². The molecule has 0 unspecified atom stereocenters. The first-order valence-electron chi connectivity index (χ1n) is 6.49. The van der Waals surface area contributed by atoms with Crippen LogP contribution < -0.4 is 10.1 Å². The minimum atomic E-state index is 0.0936. The molecule has 0 heterocycles. The monoisotopic (exact) mass is 249 g/mol. The van der Waals surface area contributed by atoms with Gasteiger partial charge in [-0.3, -0.25) is 4.79 Å². The number of nitrogens with one attached hydrogen (secondary N) is 1. The van der Waals surface area contributed by atoms with Crippen molar-refractivity contribution in [1.29, 1.82) is 0 Å². The summed E-state index contributed by atoms with van der Waals surface area (Å²) in [4.78, 5) is 11.8. The van der Waals surface area contributed by atoms with E-state index < -0.39 is 0 Å². The van der Waals surface area contributed by atoms with Crippen LogP contribution in [0.15, 0.2) is 12.1 Å². The maximum Gasteiger partial charge on any atom is 0.224 e. The van der Waals surface area contributed by atoms with Crippen LogP contribution in [0, 0.1) is 13.8 Å². The first-order valence-corrected chi connectivity index (χ1v) is 6.49. The summed E-state index contributed by atoms with van der Waals surface area (Å²) in [6, 6.07) is 3.90. The van der Waals surface area contributed by atoms with E-state index in [1.54, 1.807) is 7.11 Å². The second kappa shape index (κ2) is 7.04. The Bertz CT molecular complexity index is 413. The van der Waals surface area contributed by atoms with Crippen molar-refractivity contribution in [2.75, 3.05) is 13.7 Å². The Morgan fingerprint density at radius 1 is 1.28 bits per heavy atom. The van der Waals surface area contributed by atoms with Gasteiger partial charge in [-0.25, -0.2) is 0 Å². The first kappa shape index (κ1) is 14.6. The van der Waals surface area contributed by atoms with Crippen LogP contribution in [0.1, 0.15) is 36.5 Å². The van der Waals surface area contributed by atoms with Crippen molar-refractivity contribution in [3.05, 3.63) is 28.8 Å². The number of ether oxygens (including phenoxy) is 1. The molecular formula is C15H23NO2. The SMILES string of the molecule is CCCCNC(=O)Cc1ccc(OC)c(C)c1C. The van der Waals surface area contributed by atoms with Crippen LogP contribution in [0.3, 0.4) is 0 Å². The van der Waals surface area contributed by atoms with Gasteiger partial charge in [0, 0.05) is 6.54 Å². The molecule has 3 heteroatoms. The van der Waals surface area contributed by atoms with Crippen molar-refractivity contribution in [2.45, 2.75) is 40.0 Å². The average Bonchev–Trinajstić information content (AvgIpc) is 2.36. The lowest BCUT2D eigenvalue weighted by molar-refractivity contribution is -0.120. The van der Waals surface area contributed by atoms with Gasteiger partial charge in [-0.1, -0.05) is 19.4 Å². The molecule has 0 radical (unpaired) electrons. The van der Waals surface area contributed by atoms with E-state index in [0.717, 1.165) is 41.8 Å². The lowest BCUT2D eigenvalue weighted by Crippen LogP contribution is -2.26. The number of hydrogen-bond donors (Lipinski definition) is 1. The Labute approximate surface area is 110 Å². The highest BCUT2D eigenvalue weighted by Crippen LogP contribution is 2.24. The maximum atomic E-state index is 11.8. The van der Waals surface area contributed by atoms with Crippen molar-refractivity contribution in [2.24, 2.45) is 0 Å². The third kappa shape index (κ3) is 3.76. The third-order valence-corrected chi connectivity index (χ3v) is 3.27. The molecule has 0 aliphatic rings. The summed E-state index contributed by atoms with van der Waals surface area (Å²) >= 11 is 0. The zero-order chi connectivity index (χ0) is 13.5. The fourth-order valence-electron chi connectivity index (χ4n) is 1.90. The maximum absolute atomic E-state index is 11.8. The molecule has 0 fully saturated rings. The number of rotatable bonds is 6. The lowest BCUT2D eigenvalue weighted by Gasteiger charge is -2.12. The Morgan fingerprint density at radius 3 is 2.61 bits per heavy atom. The normalized spacial score (nSPS) is 10.2. The summed E-state index contributed by atoms with van der Waals surface area (Å²) in [5.74, 6) is 0.971. The summed E-state index contributed by atoms with van der Waals surface area (Å²) in [5.41, 5.74) is 3.32. The van der Waals surface area contributed by atoms with Gasteiger partial charge in [0.05, 0.1) is 13.5 Å².